The van der Waals surface area contributed by atoms with Gasteiger partial charge in [0.15, 0.2) is 18.9 Å². The summed E-state index contributed by atoms with van der Waals surface area (Å²) in [5.74, 6) is 0. The van der Waals surface area contributed by atoms with Gasteiger partial charge >= 0.3 is 13.2 Å². The molecule has 3 aromatic heterocycles. The number of H-pyrrole nitrogens is 2. The van der Waals surface area contributed by atoms with Crippen molar-refractivity contribution in [3.63, 3.8) is 0 Å². The van der Waals surface area contributed by atoms with Gasteiger partial charge in [-0.1, -0.05) is 0 Å². The Labute approximate surface area is 197 Å². The fourth-order valence-electron chi connectivity index (χ4n) is 2.47. The van der Waals surface area contributed by atoms with Gasteiger partial charge in [0.05, 0.1) is 17.1 Å². The molecule has 0 bridgehead atoms. The third kappa shape index (κ3) is 9.59. The second kappa shape index (κ2) is 14.0. The summed E-state index contributed by atoms with van der Waals surface area (Å²) in [6, 6.07) is 9.90. The Bertz CT molecular complexity index is 1000. The van der Waals surface area contributed by atoms with Crippen molar-refractivity contribution >= 4 is 31.4 Å². The van der Waals surface area contributed by atoms with Gasteiger partial charge in [-0.15, -0.1) is 0 Å². The van der Waals surface area contributed by atoms with Crippen molar-refractivity contribution in [2.75, 3.05) is 14.2 Å². The van der Waals surface area contributed by atoms with Gasteiger partial charge in [0.1, 0.15) is 5.60 Å². The average Bonchev–Trinajstić information content (AvgIpc) is 3.56. The molecule has 0 unspecified atom stereocenters. The van der Waals surface area contributed by atoms with E-state index in [-0.39, 0.29) is 5.59 Å². The first kappa shape index (κ1) is 28.6. The van der Waals surface area contributed by atoms with Crippen LogP contribution in [-0.4, -0.2) is 70.2 Å². The van der Waals surface area contributed by atoms with Crippen LogP contribution in [0, 0.1) is 0 Å². The molecule has 184 valence electrons. The van der Waals surface area contributed by atoms with E-state index in [1.54, 1.807) is 36.7 Å². The van der Waals surface area contributed by atoms with E-state index in [1.165, 1.54) is 30.9 Å². The van der Waals surface area contributed by atoms with E-state index in [1.807, 2.05) is 20.8 Å². The molecule has 0 radical (unpaired) electrons. The van der Waals surface area contributed by atoms with Crippen LogP contribution in [0.4, 0.5) is 4.79 Å². The summed E-state index contributed by atoms with van der Waals surface area (Å²) in [6.45, 7) is 5.45. The van der Waals surface area contributed by atoms with Gasteiger partial charge in [0.25, 0.3) is 0 Å². The number of carbonyl (C=O) groups excluding carboxylic acids is 3. The number of nitrogens with zero attached hydrogens (tertiary/aromatic N) is 1. The van der Waals surface area contributed by atoms with Crippen LogP contribution in [-0.2, 0) is 14.2 Å². The minimum Gasteiger partial charge on any atom is -0.443 e. The topological polar surface area (TPSA) is 156 Å². The van der Waals surface area contributed by atoms with Gasteiger partial charge in [0, 0.05) is 32.2 Å². The lowest BCUT2D eigenvalue weighted by Crippen LogP contribution is -2.30. The maximum absolute atomic E-state index is 11.9. The van der Waals surface area contributed by atoms with Gasteiger partial charge in [-0.25, -0.2) is 4.79 Å². The molecule has 0 aromatic carbocycles. The molecule has 0 saturated carbocycles. The maximum Gasteiger partial charge on any atom is 0.505 e. The first-order valence-electron chi connectivity index (χ1n) is 10.1. The van der Waals surface area contributed by atoms with Crippen molar-refractivity contribution in [3.05, 3.63) is 65.9 Å². The van der Waals surface area contributed by atoms with Crippen molar-refractivity contribution in [1.82, 2.24) is 14.5 Å². The van der Waals surface area contributed by atoms with Crippen LogP contribution >= 0.6 is 0 Å². The Morgan fingerprint density at radius 2 is 1.68 bits per heavy atom. The zero-order chi connectivity index (χ0) is 25.7. The fraction of sp³-hybridized carbons (Fsp3) is 0.318. The lowest BCUT2D eigenvalue weighted by atomic mass is 9.87. The minimum atomic E-state index is -1.53. The second-order valence-electron chi connectivity index (χ2n) is 7.69. The molecular weight excluding hydrogens is 445 g/mol. The van der Waals surface area contributed by atoms with Crippen molar-refractivity contribution in [2.24, 2.45) is 0 Å². The van der Waals surface area contributed by atoms with E-state index in [0.29, 0.717) is 23.4 Å². The van der Waals surface area contributed by atoms with Gasteiger partial charge in [-0.2, -0.15) is 0 Å². The number of rotatable bonds is 6. The molecule has 4 N–H and O–H groups in total. The van der Waals surface area contributed by atoms with E-state index >= 15 is 0 Å². The molecule has 34 heavy (non-hydrogen) atoms. The van der Waals surface area contributed by atoms with Crippen LogP contribution in [0.5, 0.6) is 0 Å². The van der Waals surface area contributed by atoms with E-state index < -0.39 is 25.1 Å². The quantitative estimate of drug-likeness (QED) is 0.239. The normalized spacial score (nSPS) is 10.5. The molecule has 12 heteroatoms. The molecule has 0 amide bonds. The number of hydrogen-bond donors (Lipinski definition) is 4. The summed E-state index contributed by atoms with van der Waals surface area (Å²) in [5, 5.41) is 17.1. The molecule has 0 spiro atoms. The lowest BCUT2D eigenvalue weighted by molar-refractivity contribution is -0.110. The molecule has 3 heterocycles. The Balaban J connectivity index is 0.000000285. The summed E-state index contributed by atoms with van der Waals surface area (Å²) < 4.78 is 16.9. The predicted molar refractivity (Wildman–Crippen MR) is 125 cm³/mol. The van der Waals surface area contributed by atoms with E-state index in [9.17, 15) is 14.4 Å². The van der Waals surface area contributed by atoms with E-state index in [4.69, 9.17) is 24.3 Å². The Morgan fingerprint density at radius 1 is 1.03 bits per heavy atom. The van der Waals surface area contributed by atoms with Crippen molar-refractivity contribution in [3.8, 4) is 0 Å². The monoisotopic (exact) mass is 475 g/mol. The number of aromatic amines is 2. The molecule has 0 atom stereocenters. The van der Waals surface area contributed by atoms with Gasteiger partial charge in [-0.05, 0) is 57.2 Å². The molecule has 0 fully saturated rings. The molecule has 0 aliphatic rings. The number of nitrogens with one attached hydrogen (secondary N) is 2. The molecule has 0 aliphatic carbocycles. The molecule has 11 nitrogen and oxygen atoms in total. The summed E-state index contributed by atoms with van der Waals surface area (Å²) in [5.41, 5.74) is 1.25. The fourth-order valence-corrected chi connectivity index (χ4v) is 2.47. The maximum atomic E-state index is 11.9. The highest BCUT2D eigenvalue weighted by Gasteiger charge is 2.22. The third-order valence-corrected chi connectivity index (χ3v) is 3.93. The number of ether oxygens (including phenoxy) is 3. The second-order valence-corrected chi connectivity index (χ2v) is 7.69. The number of carbonyl (C=O) groups is 3. The van der Waals surface area contributed by atoms with E-state index in [2.05, 4.69) is 9.97 Å². The molecule has 0 saturated heterocycles. The van der Waals surface area contributed by atoms with Crippen molar-refractivity contribution < 1.29 is 38.6 Å². The number of aromatic nitrogens is 3. The summed E-state index contributed by atoms with van der Waals surface area (Å²) in [6.07, 6.45) is 3.68. The summed E-state index contributed by atoms with van der Waals surface area (Å²) in [4.78, 5) is 37.0. The van der Waals surface area contributed by atoms with Crippen LogP contribution in [0.2, 0.25) is 0 Å². The minimum absolute atomic E-state index is 0.224. The Kier molecular flexibility index (Phi) is 11.7. The molecular formula is C22H30BN3O8. The summed E-state index contributed by atoms with van der Waals surface area (Å²) in [7, 11) is 1.50. The summed E-state index contributed by atoms with van der Waals surface area (Å²) >= 11 is 0. The first-order valence-corrected chi connectivity index (χ1v) is 10.1. The highest BCUT2D eigenvalue weighted by Crippen LogP contribution is 2.19. The van der Waals surface area contributed by atoms with Gasteiger partial charge < -0.3 is 34.2 Å². The zero-order valence-electron chi connectivity index (χ0n) is 19.7. The largest absolute Gasteiger partial charge is 0.505 e. The molecule has 3 aromatic rings. The standard InChI is InChI=1S/C12H19NO4.C5H6BNO3.C5H5NO/c1-12(2,3)17-11(14)13-8-6-7-9(13)10(15-4)16-5;8-3-4-1-2-5(7-4)6(9)10;7-4-5-2-1-3-6-5/h6-8,10H,1-5H3;1-3,7,9-10H;1-4,6H. The van der Waals surface area contributed by atoms with Crippen molar-refractivity contribution in [2.45, 2.75) is 32.7 Å². The van der Waals surface area contributed by atoms with Gasteiger partial charge in [-0.3, -0.25) is 14.2 Å². The number of hydrogen-bond acceptors (Lipinski definition) is 8. The van der Waals surface area contributed by atoms with Crippen LogP contribution in [0.1, 0.15) is 53.7 Å². The molecule has 3 rings (SSSR count). The lowest BCUT2D eigenvalue weighted by Gasteiger charge is -2.21. The van der Waals surface area contributed by atoms with Crippen LogP contribution in [0.15, 0.2) is 48.8 Å². The highest BCUT2D eigenvalue weighted by atomic mass is 16.7. The predicted octanol–water partition coefficient (Wildman–Crippen LogP) is 1.90. The van der Waals surface area contributed by atoms with Crippen LogP contribution in [0.25, 0.3) is 0 Å². The SMILES string of the molecule is COC(OC)c1cccn1C(=O)OC(C)(C)C.O=Cc1ccc(B(O)O)[nH]1.O=Cc1ccc[nH]1. The number of methoxy groups -OCH3 is 2. The van der Waals surface area contributed by atoms with Crippen molar-refractivity contribution in [1.29, 1.82) is 0 Å². The zero-order valence-corrected chi connectivity index (χ0v) is 19.7. The van der Waals surface area contributed by atoms with Crippen LogP contribution < -0.4 is 5.59 Å². The average molecular weight is 475 g/mol. The first-order chi connectivity index (χ1) is 16.1. The van der Waals surface area contributed by atoms with Crippen LogP contribution in [0.3, 0.4) is 0 Å². The van der Waals surface area contributed by atoms with E-state index in [0.717, 1.165) is 6.29 Å². The Morgan fingerprint density at radius 3 is 2.06 bits per heavy atom. The molecule has 0 aliphatic heterocycles. The third-order valence-electron chi connectivity index (χ3n) is 3.93. The highest BCUT2D eigenvalue weighted by molar-refractivity contribution is 6.57. The number of aldehydes is 2. The van der Waals surface area contributed by atoms with Gasteiger partial charge in [0.2, 0.25) is 0 Å². The smallest absolute Gasteiger partial charge is 0.443 e. The Hall–Kier alpha value is -3.45.